The van der Waals surface area contributed by atoms with E-state index in [9.17, 15) is 24.0 Å². The van der Waals surface area contributed by atoms with Gasteiger partial charge in [0, 0.05) is 33.9 Å². The van der Waals surface area contributed by atoms with E-state index in [-0.39, 0.29) is 28.4 Å². The van der Waals surface area contributed by atoms with Gasteiger partial charge in [0.25, 0.3) is 5.91 Å². The first-order chi connectivity index (χ1) is 12.9. The SMILES string of the molecule is CNC(=O)c1[nH]nc2c1C(=O)C(SCCCN(C=O)C=O)=CC2=O.COC. The van der Waals surface area contributed by atoms with Crippen LogP contribution in [0.2, 0.25) is 0 Å². The third-order valence-electron chi connectivity index (χ3n) is 3.26. The Morgan fingerprint density at radius 3 is 2.52 bits per heavy atom. The summed E-state index contributed by atoms with van der Waals surface area (Å²) in [5, 5.41) is 8.53. The summed E-state index contributed by atoms with van der Waals surface area (Å²) in [4.78, 5) is 58.4. The Hall–Kier alpha value is -2.79. The predicted molar refractivity (Wildman–Crippen MR) is 97.6 cm³/mol. The highest BCUT2D eigenvalue weighted by atomic mass is 32.2. The number of ketones is 2. The number of aromatic amines is 1. The largest absolute Gasteiger partial charge is 0.388 e. The van der Waals surface area contributed by atoms with Gasteiger partial charge >= 0.3 is 0 Å². The van der Waals surface area contributed by atoms with Gasteiger partial charge in [0.15, 0.2) is 0 Å². The smallest absolute Gasteiger partial charge is 0.269 e. The van der Waals surface area contributed by atoms with Crippen molar-refractivity contribution in [1.29, 1.82) is 0 Å². The number of imide groups is 1. The van der Waals surface area contributed by atoms with Crippen LogP contribution in [0.4, 0.5) is 0 Å². The lowest BCUT2D eigenvalue weighted by Crippen LogP contribution is -2.24. The summed E-state index contributed by atoms with van der Waals surface area (Å²) in [5.74, 6) is -1.03. The highest BCUT2D eigenvalue weighted by Crippen LogP contribution is 2.29. The number of methoxy groups -OCH3 is 1. The number of carbonyl (C=O) groups is 5. The molecule has 0 bridgehead atoms. The normalized spacial score (nSPS) is 12.3. The summed E-state index contributed by atoms with van der Waals surface area (Å²) in [6, 6.07) is 0. The maximum absolute atomic E-state index is 12.5. The molecule has 0 aliphatic heterocycles. The van der Waals surface area contributed by atoms with Gasteiger partial charge in [-0.25, -0.2) is 0 Å². The number of carbonyl (C=O) groups excluding carboxylic acids is 5. The van der Waals surface area contributed by atoms with Gasteiger partial charge in [0.2, 0.25) is 24.4 Å². The van der Waals surface area contributed by atoms with Crippen molar-refractivity contribution in [2.45, 2.75) is 6.42 Å². The second kappa shape index (κ2) is 11.0. The molecule has 1 aliphatic rings. The fraction of sp³-hybridized carbons (Fsp3) is 0.375. The van der Waals surface area contributed by atoms with Crippen molar-refractivity contribution in [1.82, 2.24) is 20.4 Å². The lowest BCUT2D eigenvalue weighted by atomic mass is 9.99. The van der Waals surface area contributed by atoms with Crippen molar-refractivity contribution in [3.05, 3.63) is 27.9 Å². The summed E-state index contributed by atoms with van der Waals surface area (Å²) in [5.41, 5.74) is -0.159. The van der Waals surface area contributed by atoms with Gasteiger partial charge in [-0.05, 0) is 12.2 Å². The van der Waals surface area contributed by atoms with Crippen LogP contribution in [0.1, 0.15) is 37.8 Å². The predicted octanol–water partition coefficient (Wildman–Crippen LogP) is 0.0329. The van der Waals surface area contributed by atoms with E-state index in [2.05, 4.69) is 20.3 Å². The molecule has 1 heterocycles. The Bertz CT molecular complexity index is 750. The Morgan fingerprint density at radius 2 is 1.96 bits per heavy atom. The molecule has 1 aromatic heterocycles. The van der Waals surface area contributed by atoms with Gasteiger partial charge in [-0.15, -0.1) is 11.8 Å². The van der Waals surface area contributed by atoms with E-state index in [1.54, 1.807) is 14.2 Å². The summed E-state index contributed by atoms with van der Waals surface area (Å²) >= 11 is 1.13. The zero-order valence-electron chi connectivity index (χ0n) is 15.1. The Labute approximate surface area is 159 Å². The topological polar surface area (TPSA) is 139 Å². The first kappa shape index (κ1) is 22.3. The number of amides is 3. The highest BCUT2D eigenvalue weighted by molar-refractivity contribution is 8.04. The summed E-state index contributed by atoms with van der Waals surface area (Å²) in [6.45, 7) is 0.218. The second-order valence-corrected chi connectivity index (χ2v) is 6.30. The van der Waals surface area contributed by atoms with E-state index in [0.717, 1.165) is 16.7 Å². The number of nitrogens with one attached hydrogen (secondary N) is 2. The number of ether oxygens (including phenoxy) is 1. The van der Waals surface area contributed by atoms with Crippen molar-refractivity contribution in [2.24, 2.45) is 0 Å². The van der Waals surface area contributed by atoms with Gasteiger partial charge in [-0.3, -0.25) is 34.0 Å². The number of fused-ring (bicyclic) bond motifs is 1. The molecule has 2 N–H and O–H groups in total. The van der Waals surface area contributed by atoms with E-state index in [1.807, 2.05) is 0 Å². The van der Waals surface area contributed by atoms with Gasteiger partial charge in [-0.1, -0.05) is 0 Å². The van der Waals surface area contributed by atoms with Gasteiger partial charge in [-0.2, -0.15) is 5.10 Å². The third-order valence-corrected chi connectivity index (χ3v) is 4.36. The molecule has 11 heteroatoms. The van der Waals surface area contributed by atoms with Crippen molar-refractivity contribution < 1.29 is 28.7 Å². The Kier molecular flexibility index (Phi) is 9.09. The molecular weight excluding hydrogens is 376 g/mol. The number of aromatic nitrogens is 2. The molecule has 0 unspecified atom stereocenters. The molecular formula is C16H20N4O6S. The molecule has 2 rings (SSSR count). The van der Waals surface area contributed by atoms with Gasteiger partial charge in [0.1, 0.15) is 11.4 Å². The maximum Gasteiger partial charge on any atom is 0.269 e. The molecule has 3 amide bonds. The minimum Gasteiger partial charge on any atom is -0.388 e. The number of allylic oxidation sites excluding steroid dienone is 2. The first-order valence-corrected chi connectivity index (χ1v) is 8.74. The summed E-state index contributed by atoms with van der Waals surface area (Å²) in [7, 11) is 4.65. The monoisotopic (exact) mass is 396 g/mol. The van der Waals surface area contributed by atoms with Gasteiger partial charge < -0.3 is 10.1 Å². The second-order valence-electron chi connectivity index (χ2n) is 5.16. The Morgan fingerprint density at radius 1 is 1.33 bits per heavy atom. The van der Waals surface area contributed by atoms with Crippen LogP contribution >= 0.6 is 11.8 Å². The zero-order valence-corrected chi connectivity index (χ0v) is 15.9. The molecule has 146 valence electrons. The van der Waals surface area contributed by atoms with Crippen LogP contribution in [0.25, 0.3) is 0 Å². The molecule has 10 nitrogen and oxygen atoms in total. The number of thioether (sulfide) groups is 1. The number of hydrogen-bond donors (Lipinski definition) is 2. The Balaban J connectivity index is 0.00000114. The lowest BCUT2D eigenvalue weighted by Gasteiger charge is -2.12. The maximum atomic E-state index is 12.5. The number of H-pyrrole nitrogens is 1. The van der Waals surface area contributed by atoms with E-state index >= 15 is 0 Å². The molecule has 0 spiro atoms. The molecule has 1 aliphatic carbocycles. The van der Waals surface area contributed by atoms with E-state index in [4.69, 9.17) is 0 Å². The average molecular weight is 396 g/mol. The molecule has 0 radical (unpaired) electrons. The summed E-state index contributed by atoms with van der Waals surface area (Å²) < 4.78 is 4.25. The van der Waals surface area contributed by atoms with E-state index in [1.165, 1.54) is 13.1 Å². The highest BCUT2D eigenvalue weighted by Gasteiger charge is 2.33. The average Bonchev–Trinajstić information content (AvgIpc) is 3.11. The van der Waals surface area contributed by atoms with Crippen molar-refractivity contribution in [3.63, 3.8) is 0 Å². The van der Waals surface area contributed by atoms with Crippen molar-refractivity contribution in [2.75, 3.05) is 33.6 Å². The number of Topliss-reactive ketones (excluding diaryl/α,β-unsaturated/α-hetero) is 1. The zero-order chi connectivity index (χ0) is 20.4. The minimum absolute atomic E-state index is 0.0354. The van der Waals surface area contributed by atoms with E-state index < -0.39 is 17.5 Å². The molecule has 0 aromatic carbocycles. The molecule has 0 saturated heterocycles. The van der Waals surface area contributed by atoms with Crippen molar-refractivity contribution >= 4 is 42.1 Å². The number of hydrogen-bond acceptors (Lipinski definition) is 8. The molecule has 0 fully saturated rings. The molecule has 27 heavy (non-hydrogen) atoms. The molecule has 0 atom stereocenters. The summed E-state index contributed by atoms with van der Waals surface area (Å²) in [6.07, 6.45) is 2.47. The van der Waals surface area contributed by atoms with Crippen LogP contribution in [0.15, 0.2) is 11.0 Å². The lowest BCUT2D eigenvalue weighted by molar-refractivity contribution is -0.129. The van der Waals surface area contributed by atoms with Crippen LogP contribution in [0, 0.1) is 0 Å². The minimum atomic E-state index is -0.538. The fourth-order valence-electron chi connectivity index (χ4n) is 2.07. The number of nitrogens with zero attached hydrogens (tertiary/aromatic N) is 2. The van der Waals surface area contributed by atoms with Crippen LogP contribution < -0.4 is 5.32 Å². The van der Waals surface area contributed by atoms with Crippen LogP contribution in [0.3, 0.4) is 0 Å². The molecule has 0 saturated carbocycles. The van der Waals surface area contributed by atoms with Crippen LogP contribution in [-0.2, 0) is 14.3 Å². The number of rotatable bonds is 8. The first-order valence-electron chi connectivity index (χ1n) is 7.75. The van der Waals surface area contributed by atoms with Crippen molar-refractivity contribution in [3.8, 4) is 0 Å². The standard InChI is InChI=1S/C14H14N4O5S.C2H6O/c1-15-14(23)12-10-11(16-17-12)8(21)5-9(13(10)22)24-4-2-3-18(6-19)7-20;1-3-2/h5-7H,2-4H2,1H3,(H,15,23)(H,16,17);1-2H3. The van der Waals surface area contributed by atoms with Crippen LogP contribution in [-0.4, -0.2) is 79.0 Å². The third kappa shape index (κ3) is 5.59. The molecule has 1 aromatic rings. The van der Waals surface area contributed by atoms with Crippen LogP contribution in [0.5, 0.6) is 0 Å². The quantitative estimate of drug-likeness (QED) is 0.464. The fourth-order valence-corrected chi connectivity index (χ4v) is 2.99. The van der Waals surface area contributed by atoms with Gasteiger partial charge in [0.05, 0.1) is 10.5 Å². The van der Waals surface area contributed by atoms with E-state index in [0.29, 0.717) is 25.0 Å².